The number of nitrogens with one attached hydrogen (secondary N) is 1. The van der Waals surface area contributed by atoms with E-state index in [9.17, 15) is 19.7 Å². The number of aromatic amines is 1. The molecule has 2 aromatic heterocycles. The lowest BCUT2D eigenvalue weighted by molar-refractivity contribution is -0.385. The average Bonchev–Trinajstić information content (AvgIpc) is 3.23. The van der Waals surface area contributed by atoms with Crippen LogP contribution in [0.4, 0.5) is 5.69 Å². The maximum absolute atomic E-state index is 12.6. The van der Waals surface area contributed by atoms with Crippen LogP contribution in [0.25, 0.3) is 11.4 Å². The number of carbonyl (C=O) groups excluding carboxylic acids is 1. The molecule has 4 rings (SSSR count). The zero-order valence-corrected chi connectivity index (χ0v) is 15.9. The predicted octanol–water partition coefficient (Wildman–Crippen LogP) is 1.29. The maximum Gasteiger partial charge on any atom is 0.286 e. The van der Waals surface area contributed by atoms with Crippen LogP contribution in [0.1, 0.15) is 16.2 Å². The number of nitrogens with zero attached hydrogens (tertiary/aromatic N) is 5. The van der Waals surface area contributed by atoms with Crippen LogP contribution in [-0.4, -0.2) is 61.9 Å². The van der Waals surface area contributed by atoms with E-state index in [0.717, 1.165) is 17.8 Å². The molecule has 1 fully saturated rings. The molecule has 0 spiro atoms. The van der Waals surface area contributed by atoms with Gasteiger partial charge in [0.25, 0.3) is 17.2 Å². The number of amides is 1. The Hall–Kier alpha value is -3.86. The van der Waals surface area contributed by atoms with Gasteiger partial charge in [0.1, 0.15) is 5.56 Å². The molecule has 11 heteroatoms. The fourth-order valence-corrected chi connectivity index (χ4v) is 3.23. The van der Waals surface area contributed by atoms with Crippen molar-refractivity contribution in [1.82, 2.24) is 24.9 Å². The van der Waals surface area contributed by atoms with Crippen molar-refractivity contribution in [3.8, 4) is 11.4 Å². The molecule has 1 N–H and O–H groups in total. The van der Waals surface area contributed by atoms with E-state index in [-0.39, 0.29) is 11.3 Å². The van der Waals surface area contributed by atoms with Crippen molar-refractivity contribution >= 4 is 11.6 Å². The van der Waals surface area contributed by atoms with Crippen LogP contribution >= 0.6 is 0 Å². The summed E-state index contributed by atoms with van der Waals surface area (Å²) < 4.78 is 5.32. The lowest BCUT2D eigenvalue weighted by Gasteiger charge is -2.33. The third kappa shape index (κ3) is 4.10. The Morgan fingerprint density at radius 3 is 2.63 bits per heavy atom. The molecule has 0 unspecified atom stereocenters. The molecule has 1 amide bonds. The molecule has 11 nitrogen and oxygen atoms in total. The van der Waals surface area contributed by atoms with Crippen LogP contribution in [0, 0.1) is 10.1 Å². The lowest BCUT2D eigenvalue weighted by atomic mass is 10.2. The molecule has 30 heavy (non-hydrogen) atoms. The molecule has 0 radical (unpaired) electrons. The number of carbonyl (C=O) groups is 1. The van der Waals surface area contributed by atoms with E-state index < -0.39 is 16.4 Å². The number of aromatic nitrogens is 3. The molecule has 0 aliphatic carbocycles. The second-order valence-electron chi connectivity index (χ2n) is 6.80. The first-order valence-electron chi connectivity index (χ1n) is 9.28. The summed E-state index contributed by atoms with van der Waals surface area (Å²) >= 11 is 0. The second-order valence-corrected chi connectivity index (χ2v) is 6.80. The highest BCUT2D eigenvalue weighted by Gasteiger charge is 2.26. The van der Waals surface area contributed by atoms with Gasteiger partial charge in [0, 0.05) is 37.8 Å². The smallest absolute Gasteiger partial charge is 0.286 e. The van der Waals surface area contributed by atoms with E-state index in [2.05, 4.69) is 20.0 Å². The Balaban J connectivity index is 1.37. The van der Waals surface area contributed by atoms with E-state index in [1.165, 1.54) is 4.90 Å². The van der Waals surface area contributed by atoms with Crippen molar-refractivity contribution in [1.29, 1.82) is 0 Å². The van der Waals surface area contributed by atoms with Crippen molar-refractivity contribution in [3.05, 3.63) is 74.5 Å². The molecule has 1 aromatic carbocycles. The molecule has 154 valence electrons. The van der Waals surface area contributed by atoms with Crippen LogP contribution < -0.4 is 5.56 Å². The van der Waals surface area contributed by atoms with Gasteiger partial charge in [-0.05, 0) is 0 Å². The number of H-pyrrole nitrogens is 1. The molecule has 0 saturated carbocycles. The molecule has 1 aliphatic rings. The van der Waals surface area contributed by atoms with Gasteiger partial charge < -0.3 is 14.4 Å². The van der Waals surface area contributed by atoms with E-state index in [0.29, 0.717) is 44.4 Å². The van der Waals surface area contributed by atoms with Crippen LogP contribution in [0.2, 0.25) is 0 Å². The number of hydrogen-bond acceptors (Lipinski definition) is 8. The van der Waals surface area contributed by atoms with Gasteiger partial charge in [0.15, 0.2) is 0 Å². The first-order chi connectivity index (χ1) is 14.5. The fraction of sp³-hybridized carbons (Fsp3) is 0.263. The first kappa shape index (κ1) is 19.5. The topological polar surface area (TPSA) is 138 Å². The Morgan fingerprint density at radius 1 is 1.20 bits per heavy atom. The number of pyridine rings is 1. The molecular weight excluding hydrogens is 392 g/mol. The molecule has 1 saturated heterocycles. The van der Waals surface area contributed by atoms with Crippen molar-refractivity contribution in [2.45, 2.75) is 6.54 Å². The molecule has 0 bridgehead atoms. The number of hydrogen-bond donors (Lipinski definition) is 1. The normalized spacial score (nSPS) is 14.6. The van der Waals surface area contributed by atoms with E-state index in [1.54, 1.807) is 0 Å². The van der Waals surface area contributed by atoms with Crippen molar-refractivity contribution in [3.63, 3.8) is 0 Å². The highest BCUT2D eigenvalue weighted by Crippen LogP contribution is 2.17. The number of rotatable bonds is 5. The van der Waals surface area contributed by atoms with E-state index in [1.807, 2.05) is 30.3 Å². The third-order valence-corrected chi connectivity index (χ3v) is 4.85. The Bertz CT molecular complexity index is 1120. The Kier molecular flexibility index (Phi) is 5.35. The van der Waals surface area contributed by atoms with Gasteiger partial charge >= 0.3 is 0 Å². The zero-order valence-electron chi connectivity index (χ0n) is 15.9. The van der Waals surface area contributed by atoms with E-state index >= 15 is 0 Å². The summed E-state index contributed by atoms with van der Waals surface area (Å²) in [5.41, 5.74) is -0.346. The summed E-state index contributed by atoms with van der Waals surface area (Å²) in [6.45, 7) is 2.28. The predicted molar refractivity (Wildman–Crippen MR) is 105 cm³/mol. The van der Waals surface area contributed by atoms with E-state index in [4.69, 9.17) is 4.52 Å². The van der Waals surface area contributed by atoms with Crippen LogP contribution in [0.15, 0.2) is 51.9 Å². The molecule has 3 heterocycles. The quantitative estimate of drug-likeness (QED) is 0.490. The highest BCUT2D eigenvalue weighted by atomic mass is 16.6. The van der Waals surface area contributed by atoms with Gasteiger partial charge in [0.2, 0.25) is 11.7 Å². The third-order valence-electron chi connectivity index (χ3n) is 4.85. The van der Waals surface area contributed by atoms with Crippen molar-refractivity contribution in [2.75, 3.05) is 26.2 Å². The Labute approximate surface area is 170 Å². The van der Waals surface area contributed by atoms with Gasteiger partial charge in [-0.25, -0.2) is 0 Å². The number of piperazine rings is 1. The SMILES string of the molecule is O=C(c1cc([N+](=O)[O-])c[nH]c1=O)N1CCN(Cc2nc(-c3ccccc3)no2)CC1. The number of benzene rings is 1. The summed E-state index contributed by atoms with van der Waals surface area (Å²) in [5.74, 6) is 0.469. The van der Waals surface area contributed by atoms with Crippen molar-refractivity contribution in [2.24, 2.45) is 0 Å². The average molecular weight is 410 g/mol. The van der Waals surface area contributed by atoms with Gasteiger partial charge in [0.05, 0.1) is 17.7 Å². The fourth-order valence-electron chi connectivity index (χ4n) is 3.23. The van der Waals surface area contributed by atoms with Gasteiger partial charge in [-0.2, -0.15) is 4.98 Å². The highest BCUT2D eigenvalue weighted by molar-refractivity contribution is 5.94. The van der Waals surface area contributed by atoms with Crippen LogP contribution in [0.5, 0.6) is 0 Å². The summed E-state index contributed by atoms with van der Waals surface area (Å²) in [6, 6.07) is 10.5. The minimum atomic E-state index is -0.654. The molecule has 0 atom stereocenters. The van der Waals surface area contributed by atoms with Crippen LogP contribution in [-0.2, 0) is 6.54 Å². The Morgan fingerprint density at radius 2 is 1.93 bits per heavy atom. The minimum Gasteiger partial charge on any atom is -0.338 e. The molecule has 1 aliphatic heterocycles. The maximum atomic E-state index is 12.6. The molecule has 3 aromatic rings. The van der Waals surface area contributed by atoms with Gasteiger partial charge in [-0.3, -0.25) is 24.6 Å². The molecular formula is C19H18N6O5. The summed E-state index contributed by atoms with van der Waals surface area (Å²) in [7, 11) is 0. The largest absolute Gasteiger partial charge is 0.338 e. The lowest BCUT2D eigenvalue weighted by Crippen LogP contribution is -2.49. The monoisotopic (exact) mass is 410 g/mol. The van der Waals surface area contributed by atoms with Gasteiger partial charge in [-0.1, -0.05) is 35.5 Å². The summed E-state index contributed by atoms with van der Waals surface area (Å²) in [6.07, 6.45) is 0.977. The van der Waals surface area contributed by atoms with Crippen molar-refractivity contribution < 1.29 is 14.2 Å². The zero-order chi connectivity index (χ0) is 21.1. The standard InChI is InChI=1S/C19H18N6O5/c26-18-15(10-14(11-20-18)25(28)29)19(27)24-8-6-23(7-9-24)12-16-21-17(22-30-16)13-4-2-1-3-5-13/h1-5,10-11H,6-9,12H2,(H,20,26). The number of nitro groups is 1. The first-order valence-corrected chi connectivity index (χ1v) is 9.28. The summed E-state index contributed by atoms with van der Waals surface area (Å²) in [5, 5.41) is 14.9. The second kappa shape index (κ2) is 8.25. The van der Waals surface area contributed by atoms with Gasteiger partial charge in [-0.15, -0.1) is 0 Å². The summed E-state index contributed by atoms with van der Waals surface area (Å²) in [4.78, 5) is 45.1. The van der Waals surface area contributed by atoms with Crippen LogP contribution in [0.3, 0.4) is 0 Å². The minimum absolute atomic E-state index is 0.234.